The summed E-state index contributed by atoms with van der Waals surface area (Å²) in [6.07, 6.45) is 5.14. The van der Waals surface area contributed by atoms with Crippen molar-refractivity contribution >= 4 is 5.97 Å². The summed E-state index contributed by atoms with van der Waals surface area (Å²) >= 11 is 0. The number of hydrogen-bond donors (Lipinski definition) is 1. The van der Waals surface area contributed by atoms with Gasteiger partial charge < -0.3 is 14.3 Å². The first-order valence-corrected chi connectivity index (χ1v) is 7.40. The largest absolute Gasteiger partial charge is 0.475 e. The van der Waals surface area contributed by atoms with Gasteiger partial charge in [-0.3, -0.25) is 0 Å². The lowest BCUT2D eigenvalue weighted by molar-refractivity contribution is -0.0476. The van der Waals surface area contributed by atoms with Crippen molar-refractivity contribution in [1.29, 1.82) is 0 Å². The molecule has 1 aromatic rings. The molecule has 3 atom stereocenters. The van der Waals surface area contributed by atoms with Gasteiger partial charge in [0.2, 0.25) is 5.76 Å². The Morgan fingerprint density at radius 2 is 2.25 bits per heavy atom. The number of carboxylic acid groups (broad SMARTS) is 1. The average molecular weight is 280 g/mol. The van der Waals surface area contributed by atoms with Crippen LogP contribution in [0.5, 0.6) is 0 Å². The van der Waals surface area contributed by atoms with Crippen molar-refractivity contribution in [2.24, 2.45) is 17.8 Å². The SMILES string of the molecule is CC1CCC(C(C)C)C(OCc2ccoc2C(=O)O)C1. The fourth-order valence-electron chi connectivity index (χ4n) is 3.14. The second kappa shape index (κ2) is 6.44. The van der Waals surface area contributed by atoms with Gasteiger partial charge in [0, 0.05) is 5.56 Å². The van der Waals surface area contributed by atoms with Crippen molar-refractivity contribution in [3.05, 3.63) is 23.7 Å². The van der Waals surface area contributed by atoms with Gasteiger partial charge in [-0.05, 0) is 36.7 Å². The van der Waals surface area contributed by atoms with Crippen LogP contribution in [0.2, 0.25) is 0 Å². The van der Waals surface area contributed by atoms with Crippen LogP contribution in [-0.4, -0.2) is 17.2 Å². The molecular weight excluding hydrogens is 256 g/mol. The van der Waals surface area contributed by atoms with E-state index >= 15 is 0 Å². The average Bonchev–Trinajstić information content (AvgIpc) is 2.84. The molecule has 0 aromatic carbocycles. The highest BCUT2D eigenvalue weighted by atomic mass is 16.5. The van der Waals surface area contributed by atoms with E-state index in [0.717, 1.165) is 6.42 Å². The maximum atomic E-state index is 11.0. The minimum atomic E-state index is -1.04. The summed E-state index contributed by atoms with van der Waals surface area (Å²) < 4.78 is 11.0. The Morgan fingerprint density at radius 1 is 1.50 bits per heavy atom. The number of aromatic carboxylic acids is 1. The molecule has 1 heterocycles. The normalized spacial score (nSPS) is 26.9. The summed E-state index contributed by atoms with van der Waals surface area (Å²) in [4.78, 5) is 11.0. The summed E-state index contributed by atoms with van der Waals surface area (Å²) in [5.41, 5.74) is 0.623. The number of carbonyl (C=O) groups is 1. The van der Waals surface area contributed by atoms with Crippen LogP contribution in [0.1, 0.15) is 56.2 Å². The molecule has 0 bridgehead atoms. The van der Waals surface area contributed by atoms with Gasteiger partial charge in [-0.1, -0.05) is 27.2 Å². The molecule has 0 amide bonds. The predicted octanol–water partition coefficient (Wildman–Crippen LogP) is 3.96. The maximum absolute atomic E-state index is 11.0. The second-order valence-corrected chi connectivity index (χ2v) is 6.26. The van der Waals surface area contributed by atoms with Crippen molar-refractivity contribution in [1.82, 2.24) is 0 Å². The Morgan fingerprint density at radius 3 is 2.90 bits per heavy atom. The third kappa shape index (κ3) is 3.42. The van der Waals surface area contributed by atoms with Crippen LogP contribution in [0.4, 0.5) is 0 Å². The third-order valence-corrected chi connectivity index (χ3v) is 4.36. The predicted molar refractivity (Wildman–Crippen MR) is 75.6 cm³/mol. The van der Waals surface area contributed by atoms with E-state index in [9.17, 15) is 4.79 Å². The van der Waals surface area contributed by atoms with E-state index in [0.29, 0.717) is 29.9 Å². The van der Waals surface area contributed by atoms with Crippen LogP contribution in [0.3, 0.4) is 0 Å². The van der Waals surface area contributed by atoms with Crippen molar-refractivity contribution in [2.45, 2.75) is 52.7 Å². The molecule has 0 saturated heterocycles. The minimum absolute atomic E-state index is 0.00467. The van der Waals surface area contributed by atoms with E-state index in [1.807, 2.05) is 0 Å². The molecule has 0 spiro atoms. The van der Waals surface area contributed by atoms with Gasteiger partial charge in [0.05, 0.1) is 19.0 Å². The zero-order valence-corrected chi connectivity index (χ0v) is 12.5. The van der Waals surface area contributed by atoms with Crippen molar-refractivity contribution in [2.75, 3.05) is 0 Å². The second-order valence-electron chi connectivity index (χ2n) is 6.26. The Kier molecular flexibility index (Phi) is 4.86. The number of carboxylic acids is 1. The van der Waals surface area contributed by atoms with Crippen LogP contribution >= 0.6 is 0 Å². The lowest BCUT2D eigenvalue weighted by Crippen LogP contribution is -2.34. The molecule has 1 aromatic heterocycles. The highest BCUT2D eigenvalue weighted by molar-refractivity contribution is 5.85. The Bertz CT molecular complexity index is 449. The smallest absolute Gasteiger partial charge is 0.372 e. The number of rotatable bonds is 5. The van der Waals surface area contributed by atoms with Crippen LogP contribution < -0.4 is 0 Å². The van der Waals surface area contributed by atoms with E-state index in [2.05, 4.69) is 20.8 Å². The Labute approximate surface area is 120 Å². The molecule has 2 rings (SSSR count). The molecule has 0 radical (unpaired) electrons. The van der Waals surface area contributed by atoms with Gasteiger partial charge in [0.1, 0.15) is 0 Å². The molecule has 1 aliphatic rings. The fourth-order valence-corrected chi connectivity index (χ4v) is 3.14. The molecule has 1 fully saturated rings. The number of furan rings is 1. The lowest BCUT2D eigenvalue weighted by Gasteiger charge is -2.37. The summed E-state index contributed by atoms with van der Waals surface area (Å²) in [5.74, 6) is 0.793. The van der Waals surface area contributed by atoms with Crippen molar-refractivity contribution in [3.63, 3.8) is 0 Å². The molecule has 4 nitrogen and oxygen atoms in total. The topological polar surface area (TPSA) is 59.7 Å². The van der Waals surface area contributed by atoms with Crippen molar-refractivity contribution in [3.8, 4) is 0 Å². The van der Waals surface area contributed by atoms with Crippen LogP contribution in [0, 0.1) is 17.8 Å². The highest BCUT2D eigenvalue weighted by Crippen LogP contribution is 2.35. The number of hydrogen-bond acceptors (Lipinski definition) is 3. The number of ether oxygens (including phenoxy) is 1. The molecule has 112 valence electrons. The zero-order valence-electron chi connectivity index (χ0n) is 12.5. The molecular formula is C16H24O4. The minimum Gasteiger partial charge on any atom is -0.475 e. The third-order valence-electron chi connectivity index (χ3n) is 4.36. The molecule has 20 heavy (non-hydrogen) atoms. The first kappa shape index (κ1) is 15.1. The summed E-state index contributed by atoms with van der Waals surface area (Å²) in [5, 5.41) is 9.02. The Hall–Kier alpha value is -1.29. The van der Waals surface area contributed by atoms with E-state index in [4.69, 9.17) is 14.3 Å². The molecule has 1 aliphatic carbocycles. The van der Waals surface area contributed by atoms with Gasteiger partial charge in [-0.2, -0.15) is 0 Å². The van der Waals surface area contributed by atoms with E-state index < -0.39 is 5.97 Å². The van der Waals surface area contributed by atoms with Crippen LogP contribution in [0.15, 0.2) is 16.7 Å². The Balaban J connectivity index is 2.00. The summed E-state index contributed by atoms with van der Waals surface area (Å²) in [7, 11) is 0. The van der Waals surface area contributed by atoms with Gasteiger partial charge >= 0.3 is 5.97 Å². The van der Waals surface area contributed by atoms with E-state index in [1.165, 1.54) is 19.1 Å². The zero-order chi connectivity index (χ0) is 14.7. The molecule has 1 N–H and O–H groups in total. The van der Waals surface area contributed by atoms with Gasteiger partial charge in [0.15, 0.2) is 0 Å². The molecule has 1 saturated carbocycles. The van der Waals surface area contributed by atoms with Gasteiger partial charge in [-0.15, -0.1) is 0 Å². The standard InChI is InChI=1S/C16H24O4/c1-10(2)13-5-4-11(3)8-14(13)20-9-12-6-7-19-15(12)16(17)18/h6-7,10-11,13-14H,4-5,8-9H2,1-3H3,(H,17,18). The highest BCUT2D eigenvalue weighted by Gasteiger charge is 2.31. The quantitative estimate of drug-likeness (QED) is 0.887. The summed E-state index contributed by atoms with van der Waals surface area (Å²) in [6, 6.07) is 1.68. The fraction of sp³-hybridized carbons (Fsp3) is 0.688. The van der Waals surface area contributed by atoms with Gasteiger partial charge in [0.25, 0.3) is 0 Å². The first-order valence-electron chi connectivity index (χ1n) is 7.40. The van der Waals surface area contributed by atoms with E-state index in [-0.39, 0.29) is 11.9 Å². The summed E-state index contributed by atoms with van der Waals surface area (Å²) in [6.45, 7) is 7.04. The lowest BCUT2D eigenvalue weighted by atomic mass is 9.75. The first-order chi connectivity index (χ1) is 9.49. The van der Waals surface area contributed by atoms with Gasteiger partial charge in [-0.25, -0.2) is 4.79 Å². The molecule has 0 aliphatic heterocycles. The molecule has 4 heteroatoms. The van der Waals surface area contributed by atoms with Crippen LogP contribution in [-0.2, 0) is 11.3 Å². The van der Waals surface area contributed by atoms with Crippen molar-refractivity contribution < 1.29 is 19.1 Å². The molecule has 3 unspecified atom stereocenters. The van der Waals surface area contributed by atoms with Crippen LogP contribution in [0.25, 0.3) is 0 Å². The monoisotopic (exact) mass is 280 g/mol. The maximum Gasteiger partial charge on any atom is 0.372 e. The van der Waals surface area contributed by atoms with E-state index in [1.54, 1.807) is 6.07 Å².